The molecule has 0 aromatic heterocycles. The van der Waals surface area contributed by atoms with Gasteiger partial charge in [0.2, 0.25) is 5.91 Å². The zero-order valence-corrected chi connectivity index (χ0v) is 11.8. The predicted octanol–water partition coefficient (Wildman–Crippen LogP) is 2.39. The molecule has 0 heterocycles. The molecule has 1 atom stereocenters. The molecule has 1 fully saturated rings. The van der Waals surface area contributed by atoms with Gasteiger partial charge in [-0.1, -0.05) is 38.1 Å². The average molecular weight is 273 g/mol. The van der Waals surface area contributed by atoms with Crippen LogP contribution in [0.5, 0.6) is 0 Å². The van der Waals surface area contributed by atoms with Crippen LogP contribution in [0.2, 0.25) is 0 Å². The molecule has 0 bridgehead atoms. The first-order valence-corrected chi connectivity index (χ1v) is 7.01. The lowest BCUT2D eigenvalue weighted by Crippen LogP contribution is -2.38. The van der Waals surface area contributed by atoms with Crippen LogP contribution >= 0.6 is 0 Å². The van der Waals surface area contributed by atoms with Gasteiger partial charge in [-0.05, 0) is 35.8 Å². The fraction of sp³-hybridized carbons (Fsp3) is 0.500. The number of hydrogen-bond donors (Lipinski definition) is 2. The molecule has 0 aliphatic heterocycles. The van der Waals surface area contributed by atoms with Crippen LogP contribution in [0.4, 0.5) is 0 Å². The molecule has 2 aliphatic rings. The third-order valence-corrected chi connectivity index (χ3v) is 4.68. The lowest BCUT2D eigenvalue weighted by molar-refractivity contribution is -0.149. The number of fused-ring (bicyclic) bond motifs is 1. The highest BCUT2D eigenvalue weighted by molar-refractivity contribution is 6.05. The molecule has 4 nitrogen and oxygen atoms in total. The first kappa shape index (κ1) is 13.2. The zero-order valence-electron chi connectivity index (χ0n) is 11.8. The summed E-state index contributed by atoms with van der Waals surface area (Å²) in [5.74, 6) is -1.33. The Morgan fingerprint density at radius 1 is 1.25 bits per heavy atom. The summed E-state index contributed by atoms with van der Waals surface area (Å²) in [4.78, 5) is 23.5. The van der Waals surface area contributed by atoms with E-state index in [1.165, 1.54) is 5.56 Å². The quantitative estimate of drug-likeness (QED) is 0.831. The van der Waals surface area contributed by atoms with Crippen molar-refractivity contribution in [2.45, 2.75) is 44.6 Å². The van der Waals surface area contributed by atoms with Gasteiger partial charge in [-0.2, -0.15) is 0 Å². The Morgan fingerprint density at radius 3 is 2.50 bits per heavy atom. The van der Waals surface area contributed by atoms with Gasteiger partial charge in [0.05, 0.1) is 6.04 Å². The number of amides is 1. The van der Waals surface area contributed by atoms with E-state index in [2.05, 4.69) is 25.2 Å². The molecule has 1 aromatic carbocycles. The molecule has 0 spiro atoms. The van der Waals surface area contributed by atoms with Crippen LogP contribution in [-0.2, 0) is 15.0 Å². The summed E-state index contributed by atoms with van der Waals surface area (Å²) < 4.78 is 0. The van der Waals surface area contributed by atoms with E-state index < -0.39 is 11.4 Å². The fourth-order valence-corrected chi connectivity index (χ4v) is 3.24. The molecule has 20 heavy (non-hydrogen) atoms. The molecule has 2 aliphatic carbocycles. The minimum absolute atomic E-state index is 0.00841. The number of carbonyl (C=O) groups excluding carboxylic acids is 1. The summed E-state index contributed by atoms with van der Waals surface area (Å²) in [5, 5.41) is 12.1. The lowest BCUT2D eigenvalue weighted by atomic mass is 9.86. The molecule has 1 aromatic rings. The smallest absolute Gasteiger partial charge is 0.319 e. The first-order valence-electron chi connectivity index (χ1n) is 7.01. The number of carboxylic acids is 1. The van der Waals surface area contributed by atoms with Gasteiger partial charge in [0.1, 0.15) is 5.41 Å². The number of rotatable bonds is 3. The molecule has 1 saturated carbocycles. The van der Waals surface area contributed by atoms with Gasteiger partial charge in [0.15, 0.2) is 0 Å². The van der Waals surface area contributed by atoms with Crippen molar-refractivity contribution in [1.82, 2.24) is 5.32 Å². The normalized spacial score (nSPS) is 24.8. The second-order valence-corrected chi connectivity index (χ2v) is 6.59. The minimum atomic E-state index is -1.17. The minimum Gasteiger partial charge on any atom is -0.480 e. The van der Waals surface area contributed by atoms with Crippen molar-refractivity contribution in [3.05, 3.63) is 35.4 Å². The summed E-state index contributed by atoms with van der Waals surface area (Å²) in [6, 6.07) is 8.00. The second kappa shape index (κ2) is 4.08. The van der Waals surface area contributed by atoms with Crippen LogP contribution in [0.15, 0.2) is 24.3 Å². The molecule has 0 saturated heterocycles. The maximum absolute atomic E-state index is 12.3. The fourth-order valence-electron chi connectivity index (χ4n) is 3.24. The van der Waals surface area contributed by atoms with Crippen LogP contribution in [0.1, 0.15) is 50.3 Å². The number of benzene rings is 1. The van der Waals surface area contributed by atoms with Crippen LogP contribution < -0.4 is 5.32 Å². The molecule has 4 heteroatoms. The number of carbonyl (C=O) groups is 2. The highest BCUT2D eigenvalue weighted by atomic mass is 16.4. The molecule has 1 unspecified atom stereocenters. The Balaban J connectivity index is 1.84. The van der Waals surface area contributed by atoms with Gasteiger partial charge in [-0.15, -0.1) is 0 Å². The van der Waals surface area contributed by atoms with Gasteiger partial charge in [0, 0.05) is 0 Å². The van der Waals surface area contributed by atoms with Crippen molar-refractivity contribution < 1.29 is 14.7 Å². The van der Waals surface area contributed by atoms with Gasteiger partial charge in [-0.25, -0.2) is 0 Å². The molecule has 106 valence electrons. The second-order valence-electron chi connectivity index (χ2n) is 6.59. The summed E-state index contributed by atoms with van der Waals surface area (Å²) in [6.45, 7) is 4.31. The third-order valence-electron chi connectivity index (χ3n) is 4.68. The summed E-state index contributed by atoms with van der Waals surface area (Å²) >= 11 is 0. The highest BCUT2D eigenvalue weighted by Crippen LogP contribution is 2.48. The molecular weight excluding hydrogens is 254 g/mol. The van der Waals surface area contributed by atoms with E-state index in [1.807, 2.05) is 18.2 Å². The van der Waals surface area contributed by atoms with Crippen molar-refractivity contribution in [2.75, 3.05) is 0 Å². The van der Waals surface area contributed by atoms with Gasteiger partial charge in [0.25, 0.3) is 0 Å². The van der Waals surface area contributed by atoms with Crippen molar-refractivity contribution in [1.29, 1.82) is 0 Å². The van der Waals surface area contributed by atoms with Gasteiger partial charge in [-0.3, -0.25) is 9.59 Å². The Labute approximate surface area is 118 Å². The Hall–Kier alpha value is -1.84. The summed E-state index contributed by atoms with van der Waals surface area (Å²) in [6.07, 6.45) is 1.71. The van der Waals surface area contributed by atoms with E-state index in [9.17, 15) is 14.7 Å². The number of hydrogen-bond acceptors (Lipinski definition) is 2. The number of nitrogens with one attached hydrogen (secondary N) is 1. The van der Waals surface area contributed by atoms with Crippen LogP contribution in [-0.4, -0.2) is 17.0 Å². The summed E-state index contributed by atoms with van der Waals surface area (Å²) in [5.41, 5.74) is 1.20. The topological polar surface area (TPSA) is 66.4 Å². The Morgan fingerprint density at radius 2 is 1.90 bits per heavy atom. The average Bonchev–Trinajstić information content (AvgIpc) is 3.15. The SMILES string of the molecule is CC1(C)CC(NC(=O)C2(C(=O)O)CC2)c2ccccc21. The van der Waals surface area contributed by atoms with Crippen LogP contribution in [0.3, 0.4) is 0 Å². The molecule has 2 N–H and O–H groups in total. The molecule has 1 amide bonds. The number of aliphatic carboxylic acids is 1. The Kier molecular flexibility index (Phi) is 2.68. The highest BCUT2D eigenvalue weighted by Gasteiger charge is 2.57. The van der Waals surface area contributed by atoms with E-state index in [-0.39, 0.29) is 17.4 Å². The maximum Gasteiger partial charge on any atom is 0.319 e. The molecule has 3 rings (SSSR count). The van der Waals surface area contributed by atoms with E-state index in [0.717, 1.165) is 12.0 Å². The summed E-state index contributed by atoms with van der Waals surface area (Å²) in [7, 11) is 0. The van der Waals surface area contributed by atoms with Gasteiger partial charge >= 0.3 is 5.97 Å². The lowest BCUT2D eigenvalue weighted by Gasteiger charge is -2.20. The van der Waals surface area contributed by atoms with Crippen molar-refractivity contribution >= 4 is 11.9 Å². The molecular formula is C16H19NO3. The van der Waals surface area contributed by atoms with Crippen LogP contribution in [0, 0.1) is 5.41 Å². The van der Waals surface area contributed by atoms with Crippen molar-refractivity contribution in [2.24, 2.45) is 5.41 Å². The van der Waals surface area contributed by atoms with Crippen LogP contribution in [0.25, 0.3) is 0 Å². The Bertz CT molecular complexity index is 587. The predicted molar refractivity (Wildman–Crippen MR) is 74.3 cm³/mol. The standard InChI is InChI=1S/C16H19NO3/c1-15(2)9-12(10-5-3-4-6-11(10)15)17-13(18)16(7-8-16)14(19)20/h3-6,12H,7-9H2,1-2H3,(H,17,18)(H,19,20). The third kappa shape index (κ3) is 1.82. The van der Waals surface area contributed by atoms with E-state index in [4.69, 9.17) is 0 Å². The maximum atomic E-state index is 12.3. The monoisotopic (exact) mass is 273 g/mol. The van der Waals surface area contributed by atoms with Crippen molar-refractivity contribution in [3.8, 4) is 0 Å². The molecule has 0 radical (unpaired) electrons. The zero-order chi connectivity index (χ0) is 14.5. The van der Waals surface area contributed by atoms with E-state index >= 15 is 0 Å². The van der Waals surface area contributed by atoms with E-state index in [1.54, 1.807) is 0 Å². The van der Waals surface area contributed by atoms with Gasteiger partial charge < -0.3 is 10.4 Å². The first-order chi connectivity index (χ1) is 9.37. The van der Waals surface area contributed by atoms with Crippen molar-refractivity contribution in [3.63, 3.8) is 0 Å². The number of carboxylic acid groups (broad SMARTS) is 1. The van der Waals surface area contributed by atoms with E-state index in [0.29, 0.717) is 12.8 Å². The largest absolute Gasteiger partial charge is 0.480 e.